The molecule has 1 N–H and O–H groups in total. The fourth-order valence-corrected chi connectivity index (χ4v) is 2.07. The van der Waals surface area contributed by atoms with Crippen molar-refractivity contribution in [3.05, 3.63) is 0 Å². The van der Waals surface area contributed by atoms with Crippen molar-refractivity contribution in [2.24, 2.45) is 5.41 Å². The molecule has 0 radical (unpaired) electrons. The minimum Gasteiger partial charge on any atom is -0.372 e. The SMILES string of the molecule is CC#CC(=O)NC1CC(OC(C)(C)C)C1(C)C. The smallest absolute Gasteiger partial charge is 0.296 e. The Labute approximate surface area is 104 Å². The van der Waals surface area contributed by atoms with E-state index in [0.29, 0.717) is 0 Å². The number of amides is 1. The number of nitrogens with one attached hydrogen (secondary N) is 1. The van der Waals surface area contributed by atoms with Crippen LogP contribution in [0, 0.1) is 17.3 Å². The first-order valence-corrected chi connectivity index (χ1v) is 6.08. The van der Waals surface area contributed by atoms with Gasteiger partial charge in [0.15, 0.2) is 0 Å². The first-order chi connectivity index (χ1) is 7.66. The predicted molar refractivity (Wildman–Crippen MR) is 68.4 cm³/mol. The van der Waals surface area contributed by atoms with Crippen molar-refractivity contribution in [3.8, 4) is 11.8 Å². The molecule has 0 spiro atoms. The summed E-state index contributed by atoms with van der Waals surface area (Å²) in [7, 11) is 0. The van der Waals surface area contributed by atoms with Gasteiger partial charge in [-0.25, -0.2) is 0 Å². The van der Waals surface area contributed by atoms with Gasteiger partial charge in [-0.05, 0) is 40.0 Å². The van der Waals surface area contributed by atoms with E-state index in [1.54, 1.807) is 6.92 Å². The number of carbonyl (C=O) groups excluding carboxylic acids is 1. The minimum absolute atomic E-state index is 0.0294. The van der Waals surface area contributed by atoms with Crippen LogP contribution in [-0.2, 0) is 9.53 Å². The summed E-state index contributed by atoms with van der Waals surface area (Å²) < 4.78 is 5.97. The van der Waals surface area contributed by atoms with Crippen LogP contribution in [0.5, 0.6) is 0 Å². The summed E-state index contributed by atoms with van der Waals surface area (Å²) in [5, 5.41) is 2.93. The van der Waals surface area contributed by atoms with E-state index >= 15 is 0 Å². The molecule has 2 unspecified atom stereocenters. The van der Waals surface area contributed by atoms with Crippen molar-refractivity contribution in [1.82, 2.24) is 5.32 Å². The average molecular weight is 237 g/mol. The summed E-state index contributed by atoms with van der Waals surface area (Å²) in [5.41, 5.74) is -0.168. The highest BCUT2D eigenvalue weighted by Crippen LogP contribution is 2.44. The normalized spacial score (nSPS) is 26.5. The molecule has 0 bridgehead atoms. The van der Waals surface area contributed by atoms with E-state index in [9.17, 15) is 4.79 Å². The Bertz CT molecular complexity index is 355. The Kier molecular flexibility index (Phi) is 3.88. The van der Waals surface area contributed by atoms with Crippen LogP contribution < -0.4 is 5.32 Å². The zero-order valence-corrected chi connectivity index (χ0v) is 11.7. The number of rotatable bonds is 2. The molecule has 0 saturated heterocycles. The van der Waals surface area contributed by atoms with Crippen LogP contribution >= 0.6 is 0 Å². The Balaban J connectivity index is 2.54. The zero-order valence-electron chi connectivity index (χ0n) is 11.7. The molecule has 1 amide bonds. The van der Waals surface area contributed by atoms with Gasteiger partial charge in [0.1, 0.15) is 0 Å². The summed E-state index contributed by atoms with van der Waals surface area (Å²) in [6.07, 6.45) is 1.06. The summed E-state index contributed by atoms with van der Waals surface area (Å²) >= 11 is 0. The van der Waals surface area contributed by atoms with E-state index < -0.39 is 0 Å². The van der Waals surface area contributed by atoms with Crippen molar-refractivity contribution in [2.75, 3.05) is 0 Å². The highest BCUT2D eigenvalue weighted by molar-refractivity contribution is 5.93. The molecule has 2 atom stereocenters. The van der Waals surface area contributed by atoms with Crippen LogP contribution in [0.2, 0.25) is 0 Å². The van der Waals surface area contributed by atoms with Crippen LogP contribution in [0.1, 0.15) is 48.0 Å². The molecule has 1 aliphatic rings. The molecule has 3 heteroatoms. The third kappa shape index (κ3) is 3.47. The summed E-state index contributed by atoms with van der Waals surface area (Å²) in [5.74, 6) is 4.91. The molecule has 96 valence electrons. The standard InChI is InChI=1S/C14H23NO2/c1-7-8-12(16)15-10-9-11(14(10,5)6)17-13(2,3)4/h10-11H,9H2,1-6H3,(H,15,16). The van der Waals surface area contributed by atoms with Crippen molar-refractivity contribution >= 4 is 5.91 Å². The molecule has 1 aliphatic carbocycles. The largest absolute Gasteiger partial charge is 0.372 e. The van der Waals surface area contributed by atoms with E-state index in [4.69, 9.17) is 4.74 Å². The molecule has 0 aromatic carbocycles. The van der Waals surface area contributed by atoms with Crippen LogP contribution in [-0.4, -0.2) is 23.7 Å². The van der Waals surface area contributed by atoms with Crippen molar-refractivity contribution in [3.63, 3.8) is 0 Å². The highest BCUT2D eigenvalue weighted by atomic mass is 16.5. The second-order valence-electron chi connectivity index (χ2n) is 6.18. The number of hydrogen-bond donors (Lipinski definition) is 1. The van der Waals surface area contributed by atoms with Gasteiger partial charge in [-0.15, -0.1) is 0 Å². The molecule has 0 aromatic rings. The monoisotopic (exact) mass is 237 g/mol. The van der Waals surface area contributed by atoms with Gasteiger partial charge in [-0.2, -0.15) is 0 Å². The van der Waals surface area contributed by atoms with Crippen molar-refractivity contribution in [1.29, 1.82) is 0 Å². The first kappa shape index (κ1) is 14.1. The molecular formula is C14H23NO2. The molecular weight excluding hydrogens is 214 g/mol. The summed E-state index contributed by atoms with van der Waals surface area (Å²) in [4.78, 5) is 11.4. The average Bonchev–Trinajstić information content (AvgIpc) is 2.15. The highest BCUT2D eigenvalue weighted by Gasteiger charge is 2.50. The topological polar surface area (TPSA) is 38.3 Å². The van der Waals surface area contributed by atoms with E-state index in [0.717, 1.165) is 6.42 Å². The molecule has 1 saturated carbocycles. The first-order valence-electron chi connectivity index (χ1n) is 6.08. The van der Waals surface area contributed by atoms with E-state index in [1.807, 2.05) is 0 Å². The summed E-state index contributed by atoms with van der Waals surface area (Å²) in [6, 6.07) is 0.156. The van der Waals surface area contributed by atoms with Gasteiger partial charge in [0.25, 0.3) is 5.91 Å². The van der Waals surface area contributed by atoms with Crippen LogP contribution in [0.15, 0.2) is 0 Å². The van der Waals surface area contributed by atoms with Crippen molar-refractivity contribution in [2.45, 2.75) is 65.7 Å². The van der Waals surface area contributed by atoms with E-state index in [2.05, 4.69) is 51.8 Å². The van der Waals surface area contributed by atoms with Crippen molar-refractivity contribution < 1.29 is 9.53 Å². The summed E-state index contributed by atoms with van der Waals surface area (Å²) in [6.45, 7) is 12.1. The van der Waals surface area contributed by atoms with Gasteiger partial charge in [-0.1, -0.05) is 19.8 Å². The Morgan fingerprint density at radius 2 is 2.00 bits per heavy atom. The predicted octanol–water partition coefficient (Wildman–Crippen LogP) is 2.11. The lowest BCUT2D eigenvalue weighted by atomic mass is 9.64. The zero-order chi connectivity index (χ0) is 13.3. The number of hydrogen-bond acceptors (Lipinski definition) is 2. The fourth-order valence-electron chi connectivity index (χ4n) is 2.07. The second-order valence-corrected chi connectivity index (χ2v) is 6.18. The maximum absolute atomic E-state index is 11.4. The molecule has 3 nitrogen and oxygen atoms in total. The van der Waals surface area contributed by atoms with Gasteiger partial charge in [-0.3, -0.25) is 4.79 Å². The van der Waals surface area contributed by atoms with Gasteiger partial charge >= 0.3 is 0 Å². The lowest BCUT2D eigenvalue weighted by molar-refractivity contribution is -0.174. The Morgan fingerprint density at radius 1 is 1.41 bits per heavy atom. The lowest BCUT2D eigenvalue weighted by Gasteiger charge is -2.53. The van der Waals surface area contributed by atoms with Gasteiger partial charge in [0, 0.05) is 11.5 Å². The molecule has 1 rings (SSSR count). The minimum atomic E-state index is -0.195. The molecule has 17 heavy (non-hydrogen) atoms. The Morgan fingerprint density at radius 3 is 2.41 bits per heavy atom. The quantitative estimate of drug-likeness (QED) is 0.747. The van der Waals surface area contributed by atoms with Crippen LogP contribution in [0.25, 0.3) is 0 Å². The maximum atomic E-state index is 11.4. The molecule has 0 aromatic heterocycles. The third-order valence-electron chi connectivity index (χ3n) is 3.22. The Hall–Kier alpha value is -1.01. The molecule has 1 fully saturated rings. The van der Waals surface area contributed by atoms with Crippen LogP contribution in [0.3, 0.4) is 0 Å². The van der Waals surface area contributed by atoms with Gasteiger partial charge in [0.2, 0.25) is 0 Å². The van der Waals surface area contributed by atoms with Crippen LogP contribution in [0.4, 0.5) is 0 Å². The molecule has 0 aliphatic heterocycles. The lowest BCUT2D eigenvalue weighted by Crippen LogP contribution is -2.63. The fraction of sp³-hybridized carbons (Fsp3) is 0.786. The second kappa shape index (κ2) is 4.70. The van der Waals surface area contributed by atoms with E-state index in [1.165, 1.54) is 0 Å². The maximum Gasteiger partial charge on any atom is 0.296 e. The third-order valence-corrected chi connectivity index (χ3v) is 3.22. The number of carbonyl (C=O) groups is 1. The molecule has 0 heterocycles. The van der Waals surface area contributed by atoms with E-state index in [-0.39, 0.29) is 29.1 Å². The van der Waals surface area contributed by atoms with Gasteiger partial charge in [0.05, 0.1) is 11.7 Å². The van der Waals surface area contributed by atoms with Gasteiger partial charge < -0.3 is 10.1 Å². The number of ether oxygens (including phenoxy) is 1.